The molecule has 2 heterocycles. The van der Waals surface area contributed by atoms with Gasteiger partial charge in [0.15, 0.2) is 0 Å². The van der Waals surface area contributed by atoms with Gasteiger partial charge >= 0.3 is 6.09 Å². The van der Waals surface area contributed by atoms with Crippen molar-refractivity contribution in [3.63, 3.8) is 0 Å². The molecule has 0 aliphatic rings. The van der Waals surface area contributed by atoms with Crippen molar-refractivity contribution in [1.82, 2.24) is 20.2 Å². The first kappa shape index (κ1) is 19.0. The average Bonchev–Trinajstić information content (AvgIpc) is 3.26. The number of carbonyl (C=O) groups is 2. The van der Waals surface area contributed by atoms with Crippen LogP contribution in [0.1, 0.15) is 11.4 Å². The van der Waals surface area contributed by atoms with Crippen LogP contribution < -0.4 is 10.1 Å². The van der Waals surface area contributed by atoms with Crippen molar-refractivity contribution < 1.29 is 19.4 Å². The van der Waals surface area contributed by atoms with E-state index >= 15 is 0 Å². The fraction of sp³-hybridized carbons (Fsp3) is 0.235. The average molecular weight is 409 g/mol. The predicted molar refractivity (Wildman–Crippen MR) is 102 cm³/mol. The number of rotatable bonds is 7. The Kier molecular flexibility index (Phi) is 5.82. The van der Waals surface area contributed by atoms with E-state index in [1.54, 1.807) is 17.6 Å². The molecule has 2 aromatic heterocycles. The summed E-state index contributed by atoms with van der Waals surface area (Å²) in [5, 5.41) is 14.7. The van der Waals surface area contributed by atoms with Gasteiger partial charge in [-0.3, -0.25) is 4.79 Å². The Morgan fingerprint density at radius 3 is 2.93 bits per heavy atom. The first-order valence-corrected chi connectivity index (χ1v) is 9.26. The molecule has 0 atom stereocenters. The molecule has 0 spiro atoms. The Balaban J connectivity index is 1.64. The number of carboxylic acid groups (broad SMARTS) is 1. The first-order valence-electron chi connectivity index (χ1n) is 7.94. The van der Waals surface area contributed by atoms with Crippen LogP contribution in [0.3, 0.4) is 0 Å². The van der Waals surface area contributed by atoms with Gasteiger partial charge in [-0.1, -0.05) is 11.6 Å². The number of nitrogens with zero attached hydrogens (tertiary/aromatic N) is 2. The molecule has 0 aliphatic heterocycles. The second kappa shape index (κ2) is 8.28. The Morgan fingerprint density at radius 2 is 2.22 bits per heavy atom. The SMILES string of the molecule is CN(CC(=O)NCc1cc2cc(Cl)c(OCc3cscn3)cc2[nH]1)C(=O)O. The maximum absolute atomic E-state index is 11.8. The number of amides is 2. The molecule has 3 N–H and O–H groups in total. The second-order valence-corrected chi connectivity index (χ2v) is 6.97. The number of hydrogen-bond acceptors (Lipinski definition) is 5. The van der Waals surface area contributed by atoms with Crippen LogP contribution in [0, 0.1) is 0 Å². The lowest BCUT2D eigenvalue weighted by atomic mass is 10.2. The smallest absolute Gasteiger partial charge is 0.407 e. The molecule has 0 fully saturated rings. The van der Waals surface area contributed by atoms with Crippen LogP contribution in [0.25, 0.3) is 10.9 Å². The third kappa shape index (κ3) is 4.89. The summed E-state index contributed by atoms with van der Waals surface area (Å²) in [4.78, 5) is 30.8. The van der Waals surface area contributed by atoms with E-state index in [1.807, 2.05) is 11.4 Å². The van der Waals surface area contributed by atoms with E-state index in [2.05, 4.69) is 15.3 Å². The number of aromatic amines is 1. The third-order valence-electron chi connectivity index (χ3n) is 3.77. The van der Waals surface area contributed by atoms with E-state index in [-0.39, 0.29) is 19.0 Å². The lowest BCUT2D eigenvalue weighted by Crippen LogP contribution is -2.37. The van der Waals surface area contributed by atoms with Gasteiger partial charge in [0.1, 0.15) is 18.9 Å². The number of thiazole rings is 1. The van der Waals surface area contributed by atoms with Crippen LogP contribution in [0.15, 0.2) is 29.1 Å². The standard InChI is InChI=1S/C17H17ClN4O4S/c1-22(17(24)25)6-16(23)19-5-11-2-10-3-13(18)15(4-14(10)21-11)26-7-12-8-27-9-20-12/h2-4,8-9,21H,5-7H2,1H3,(H,19,23)(H,24,25). The van der Waals surface area contributed by atoms with Crippen molar-refractivity contribution in [2.45, 2.75) is 13.2 Å². The van der Waals surface area contributed by atoms with E-state index in [9.17, 15) is 9.59 Å². The fourth-order valence-corrected chi connectivity index (χ4v) is 3.16. The quantitative estimate of drug-likeness (QED) is 0.556. The molecule has 0 unspecified atom stereocenters. The Labute approximate surface area is 163 Å². The molecular weight excluding hydrogens is 392 g/mol. The number of nitrogens with one attached hydrogen (secondary N) is 2. The van der Waals surface area contributed by atoms with E-state index < -0.39 is 6.09 Å². The Bertz CT molecular complexity index is 957. The Hall–Kier alpha value is -2.78. The molecule has 27 heavy (non-hydrogen) atoms. The van der Waals surface area contributed by atoms with Crippen LogP contribution >= 0.6 is 22.9 Å². The number of ether oxygens (including phenoxy) is 1. The molecular formula is C17H17ClN4O4S. The van der Waals surface area contributed by atoms with Crippen molar-refractivity contribution in [2.24, 2.45) is 0 Å². The summed E-state index contributed by atoms with van der Waals surface area (Å²) in [6.45, 7) is 0.346. The van der Waals surface area contributed by atoms with E-state index in [0.717, 1.165) is 27.2 Å². The number of halogens is 1. The van der Waals surface area contributed by atoms with Crippen molar-refractivity contribution in [3.05, 3.63) is 45.5 Å². The summed E-state index contributed by atoms with van der Waals surface area (Å²) < 4.78 is 5.72. The summed E-state index contributed by atoms with van der Waals surface area (Å²) in [7, 11) is 1.33. The van der Waals surface area contributed by atoms with Gasteiger partial charge in [-0.05, 0) is 12.1 Å². The largest absolute Gasteiger partial charge is 0.486 e. The van der Waals surface area contributed by atoms with Gasteiger partial charge in [-0.25, -0.2) is 9.78 Å². The third-order valence-corrected chi connectivity index (χ3v) is 4.70. The van der Waals surface area contributed by atoms with Crippen molar-refractivity contribution >= 4 is 45.8 Å². The van der Waals surface area contributed by atoms with Gasteiger partial charge in [-0.2, -0.15) is 0 Å². The van der Waals surface area contributed by atoms with Gasteiger partial charge < -0.3 is 25.0 Å². The fourth-order valence-electron chi connectivity index (χ4n) is 2.39. The molecule has 2 amide bonds. The topological polar surface area (TPSA) is 108 Å². The molecule has 0 saturated heterocycles. The number of carbonyl (C=O) groups excluding carboxylic acids is 1. The van der Waals surface area contributed by atoms with E-state index in [4.69, 9.17) is 21.4 Å². The van der Waals surface area contributed by atoms with Gasteiger partial charge in [0.2, 0.25) is 5.91 Å². The maximum Gasteiger partial charge on any atom is 0.407 e. The number of hydrogen-bond donors (Lipinski definition) is 3. The van der Waals surface area contributed by atoms with Crippen molar-refractivity contribution in [1.29, 1.82) is 0 Å². The van der Waals surface area contributed by atoms with Gasteiger partial charge in [-0.15, -0.1) is 11.3 Å². The number of aromatic nitrogens is 2. The minimum Gasteiger partial charge on any atom is -0.486 e. The minimum atomic E-state index is -1.16. The van der Waals surface area contributed by atoms with Crippen LogP contribution in [0.5, 0.6) is 5.75 Å². The monoisotopic (exact) mass is 408 g/mol. The normalized spacial score (nSPS) is 10.7. The Morgan fingerprint density at radius 1 is 1.41 bits per heavy atom. The molecule has 0 saturated carbocycles. The molecule has 0 radical (unpaired) electrons. The zero-order valence-electron chi connectivity index (χ0n) is 14.4. The van der Waals surface area contributed by atoms with Gasteiger partial charge in [0.05, 0.1) is 22.8 Å². The zero-order chi connectivity index (χ0) is 19.4. The molecule has 3 rings (SSSR count). The molecule has 3 aromatic rings. The summed E-state index contributed by atoms with van der Waals surface area (Å²) in [6, 6.07) is 5.45. The van der Waals surface area contributed by atoms with Crippen molar-refractivity contribution in [3.8, 4) is 5.75 Å². The van der Waals surface area contributed by atoms with Crippen LogP contribution in [0.4, 0.5) is 4.79 Å². The number of H-pyrrole nitrogens is 1. The highest BCUT2D eigenvalue weighted by molar-refractivity contribution is 7.07. The second-order valence-electron chi connectivity index (χ2n) is 5.85. The summed E-state index contributed by atoms with van der Waals surface area (Å²) in [5.41, 5.74) is 4.16. The predicted octanol–water partition coefficient (Wildman–Crippen LogP) is 3.08. The highest BCUT2D eigenvalue weighted by Gasteiger charge is 2.12. The minimum absolute atomic E-state index is 0.226. The highest BCUT2D eigenvalue weighted by atomic mass is 35.5. The molecule has 1 aromatic carbocycles. The molecule has 0 bridgehead atoms. The van der Waals surface area contributed by atoms with E-state index in [1.165, 1.54) is 18.4 Å². The highest BCUT2D eigenvalue weighted by Crippen LogP contribution is 2.31. The summed E-state index contributed by atoms with van der Waals surface area (Å²) >= 11 is 7.78. The lowest BCUT2D eigenvalue weighted by molar-refractivity contribution is -0.121. The molecule has 10 heteroatoms. The summed E-state index contributed by atoms with van der Waals surface area (Å²) in [5.74, 6) is 0.154. The van der Waals surface area contributed by atoms with Crippen molar-refractivity contribution in [2.75, 3.05) is 13.6 Å². The van der Waals surface area contributed by atoms with Crippen LogP contribution in [0.2, 0.25) is 5.02 Å². The maximum atomic E-state index is 11.8. The first-order chi connectivity index (χ1) is 12.9. The number of likely N-dealkylation sites (N-methyl/N-ethyl adjacent to an activating group) is 1. The molecule has 8 nitrogen and oxygen atoms in total. The summed E-state index contributed by atoms with van der Waals surface area (Å²) in [6.07, 6.45) is -1.16. The van der Waals surface area contributed by atoms with Gasteiger partial charge in [0, 0.05) is 35.1 Å². The molecule has 0 aliphatic carbocycles. The van der Waals surface area contributed by atoms with Crippen LogP contribution in [-0.2, 0) is 17.9 Å². The van der Waals surface area contributed by atoms with Crippen LogP contribution in [-0.4, -0.2) is 45.6 Å². The zero-order valence-corrected chi connectivity index (χ0v) is 15.9. The number of fused-ring (bicyclic) bond motifs is 1. The molecule has 142 valence electrons. The van der Waals surface area contributed by atoms with E-state index in [0.29, 0.717) is 17.4 Å². The number of benzene rings is 1. The lowest BCUT2D eigenvalue weighted by Gasteiger charge is -2.12. The van der Waals surface area contributed by atoms with Gasteiger partial charge in [0.25, 0.3) is 0 Å².